The first-order valence-corrected chi connectivity index (χ1v) is 5.41. The minimum atomic E-state index is 0.252. The van der Waals surface area contributed by atoms with E-state index in [2.05, 4.69) is 10.3 Å². The zero-order chi connectivity index (χ0) is 12.4. The van der Waals surface area contributed by atoms with E-state index in [0.717, 1.165) is 17.1 Å². The van der Waals surface area contributed by atoms with Crippen LogP contribution >= 0.6 is 12.2 Å². The summed E-state index contributed by atoms with van der Waals surface area (Å²) >= 11 is 4.89. The number of aromatic nitrogens is 3. The van der Waals surface area contributed by atoms with Crippen molar-refractivity contribution in [1.29, 1.82) is 0 Å². The second kappa shape index (κ2) is 4.50. The van der Waals surface area contributed by atoms with E-state index >= 15 is 0 Å². The van der Waals surface area contributed by atoms with E-state index in [1.54, 1.807) is 11.8 Å². The van der Waals surface area contributed by atoms with Crippen LogP contribution in [0.5, 0.6) is 5.75 Å². The van der Waals surface area contributed by atoms with Gasteiger partial charge in [-0.05, 0) is 31.2 Å². The van der Waals surface area contributed by atoms with E-state index in [9.17, 15) is 0 Å². The maximum absolute atomic E-state index is 5.55. The van der Waals surface area contributed by atoms with Gasteiger partial charge in [-0.2, -0.15) is 0 Å². The van der Waals surface area contributed by atoms with Crippen LogP contribution in [-0.2, 0) is 0 Å². The molecule has 0 unspecified atom stereocenters. The molecule has 17 heavy (non-hydrogen) atoms. The molecule has 2 aromatic rings. The van der Waals surface area contributed by atoms with Crippen molar-refractivity contribution in [1.82, 2.24) is 15.0 Å². The molecule has 0 aliphatic heterocycles. The molecule has 0 amide bonds. The molecule has 6 heteroatoms. The third-order valence-electron chi connectivity index (χ3n) is 2.44. The van der Waals surface area contributed by atoms with E-state index in [4.69, 9.17) is 22.7 Å². The van der Waals surface area contributed by atoms with Crippen LogP contribution in [0, 0.1) is 6.92 Å². The number of nitrogens with two attached hydrogens (primary N) is 1. The number of thiocarbonyl (C=S) groups is 1. The highest BCUT2D eigenvalue weighted by Gasteiger charge is 2.11. The van der Waals surface area contributed by atoms with Crippen molar-refractivity contribution < 1.29 is 4.74 Å². The molecule has 0 aliphatic carbocycles. The summed E-state index contributed by atoms with van der Waals surface area (Å²) in [6.07, 6.45) is 0. The van der Waals surface area contributed by atoms with Gasteiger partial charge in [0.15, 0.2) is 0 Å². The van der Waals surface area contributed by atoms with Gasteiger partial charge in [-0.15, -0.1) is 5.10 Å². The highest BCUT2D eigenvalue weighted by molar-refractivity contribution is 7.80. The minimum Gasteiger partial charge on any atom is -0.497 e. The molecule has 88 valence electrons. The van der Waals surface area contributed by atoms with E-state index in [-0.39, 0.29) is 4.99 Å². The molecule has 0 aliphatic rings. The molecule has 2 N–H and O–H groups in total. The van der Waals surface area contributed by atoms with Gasteiger partial charge in [0, 0.05) is 0 Å². The molecule has 0 radical (unpaired) electrons. The Morgan fingerprint density at radius 2 is 2.00 bits per heavy atom. The van der Waals surface area contributed by atoms with Crippen LogP contribution in [0.25, 0.3) is 5.69 Å². The Bertz CT molecular complexity index is 547. The Balaban J connectivity index is 2.42. The largest absolute Gasteiger partial charge is 0.497 e. The number of nitrogens with zero attached hydrogens (tertiary/aromatic N) is 3. The topological polar surface area (TPSA) is 66.0 Å². The van der Waals surface area contributed by atoms with E-state index in [1.807, 2.05) is 31.2 Å². The number of hydrogen-bond acceptors (Lipinski definition) is 4. The number of ether oxygens (including phenoxy) is 1. The molecular weight excluding hydrogens is 236 g/mol. The molecular formula is C11H12N4OS. The van der Waals surface area contributed by atoms with Crippen molar-refractivity contribution in [3.8, 4) is 11.4 Å². The average molecular weight is 248 g/mol. The summed E-state index contributed by atoms with van der Waals surface area (Å²) in [7, 11) is 1.63. The van der Waals surface area contributed by atoms with Gasteiger partial charge in [0.05, 0.1) is 18.5 Å². The summed E-state index contributed by atoms with van der Waals surface area (Å²) in [6, 6.07) is 7.50. The van der Waals surface area contributed by atoms with Gasteiger partial charge in [0.2, 0.25) is 0 Å². The lowest BCUT2D eigenvalue weighted by atomic mass is 10.3. The van der Waals surface area contributed by atoms with Crippen LogP contribution in [0.15, 0.2) is 24.3 Å². The first-order valence-electron chi connectivity index (χ1n) is 5.00. The normalized spacial score (nSPS) is 10.2. The van der Waals surface area contributed by atoms with Crippen molar-refractivity contribution in [3.05, 3.63) is 35.7 Å². The van der Waals surface area contributed by atoms with E-state index < -0.39 is 0 Å². The molecule has 1 heterocycles. The van der Waals surface area contributed by atoms with Gasteiger partial charge in [-0.25, -0.2) is 4.68 Å². The lowest BCUT2D eigenvalue weighted by Gasteiger charge is -2.04. The van der Waals surface area contributed by atoms with Crippen molar-refractivity contribution in [2.45, 2.75) is 6.92 Å². The van der Waals surface area contributed by atoms with Gasteiger partial charge in [-0.1, -0.05) is 17.4 Å². The smallest absolute Gasteiger partial charge is 0.143 e. The quantitative estimate of drug-likeness (QED) is 0.827. The first kappa shape index (κ1) is 11.5. The molecule has 1 aromatic carbocycles. The molecule has 0 bridgehead atoms. The predicted molar refractivity (Wildman–Crippen MR) is 68.5 cm³/mol. The van der Waals surface area contributed by atoms with Gasteiger partial charge in [0.25, 0.3) is 0 Å². The van der Waals surface area contributed by atoms with Crippen LogP contribution in [0.4, 0.5) is 0 Å². The lowest BCUT2D eigenvalue weighted by molar-refractivity contribution is 0.414. The predicted octanol–water partition coefficient (Wildman–Crippen LogP) is 1.22. The van der Waals surface area contributed by atoms with Gasteiger partial charge in [-0.3, -0.25) is 0 Å². The monoisotopic (exact) mass is 248 g/mol. The van der Waals surface area contributed by atoms with E-state index in [0.29, 0.717) is 5.69 Å². The zero-order valence-electron chi connectivity index (χ0n) is 9.54. The second-order valence-electron chi connectivity index (χ2n) is 3.50. The number of rotatable bonds is 3. The molecule has 1 aromatic heterocycles. The minimum absolute atomic E-state index is 0.252. The molecule has 0 spiro atoms. The van der Waals surface area contributed by atoms with Crippen molar-refractivity contribution >= 4 is 17.2 Å². The summed E-state index contributed by atoms with van der Waals surface area (Å²) in [4.78, 5) is 0.252. The average Bonchev–Trinajstić information content (AvgIpc) is 2.71. The number of methoxy groups -OCH3 is 1. The van der Waals surface area contributed by atoms with Crippen molar-refractivity contribution in [2.24, 2.45) is 5.73 Å². The summed E-state index contributed by atoms with van der Waals surface area (Å²) in [5.74, 6) is 0.793. The maximum Gasteiger partial charge on any atom is 0.143 e. The second-order valence-corrected chi connectivity index (χ2v) is 3.94. The van der Waals surface area contributed by atoms with Crippen molar-refractivity contribution in [2.75, 3.05) is 7.11 Å². The van der Waals surface area contributed by atoms with Crippen LogP contribution < -0.4 is 10.5 Å². The Labute approximate surface area is 104 Å². The highest BCUT2D eigenvalue weighted by atomic mass is 32.1. The molecule has 0 saturated carbocycles. The van der Waals surface area contributed by atoms with E-state index in [1.165, 1.54) is 0 Å². The number of hydrogen-bond donors (Lipinski definition) is 1. The molecule has 2 rings (SSSR count). The molecule has 0 atom stereocenters. The fraction of sp³-hybridized carbons (Fsp3) is 0.182. The Morgan fingerprint density at radius 1 is 1.35 bits per heavy atom. The van der Waals surface area contributed by atoms with Crippen LogP contribution in [0.3, 0.4) is 0 Å². The summed E-state index contributed by atoms with van der Waals surface area (Å²) in [6.45, 7) is 1.87. The first-order chi connectivity index (χ1) is 8.13. The van der Waals surface area contributed by atoms with Crippen LogP contribution in [0.2, 0.25) is 0 Å². The van der Waals surface area contributed by atoms with Gasteiger partial charge in [0.1, 0.15) is 16.4 Å². The molecule has 5 nitrogen and oxygen atoms in total. The lowest BCUT2D eigenvalue weighted by Crippen LogP contribution is -2.12. The third-order valence-corrected chi connectivity index (χ3v) is 2.64. The number of benzene rings is 1. The molecule has 0 fully saturated rings. The molecule has 0 saturated heterocycles. The summed E-state index contributed by atoms with van der Waals surface area (Å²) < 4.78 is 6.78. The zero-order valence-corrected chi connectivity index (χ0v) is 10.4. The van der Waals surface area contributed by atoms with Crippen LogP contribution in [0.1, 0.15) is 11.4 Å². The summed E-state index contributed by atoms with van der Waals surface area (Å²) in [5, 5.41) is 7.97. The SMILES string of the molecule is COc1ccc(-n2nnc(C(N)=S)c2C)cc1. The summed E-state index contributed by atoms with van der Waals surface area (Å²) in [5.41, 5.74) is 7.81. The van der Waals surface area contributed by atoms with Gasteiger partial charge >= 0.3 is 0 Å². The van der Waals surface area contributed by atoms with Gasteiger partial charge < -0.3 is 10.5 Å². The highest BCUT2D eigenvalue weighted by Crippen LogP contribution is 2.16. The Morgan fingerprint density at radius 3 is 2.47 bits per heavy atom. The maximum atomic E-state index is 5.55. The fourth-order valence-electron chi connectivity index (χ4n) is 1.53. The fourth-order valence-corrected chi connectivity index (χ4v) is 1.71. The standard InChI is InChI=1S/C11H12N4OS/c1-7-10(11(12)17)13-14-15(7)8-3-5-9(16-2)6-4-8/h3-6H,1-2H3,(H2,12,17). The third kappa shape index (κ3) is 2.12. The van der Waals surface area contributed by atoms with Crippen molar-refractivity contribution in [3.63, 3.8) is 0 Å². The van der Waals surface area contributed by atoms with Crippen LogP contribution in [-0.4, -0.2) is 27.1 Å². The Kier molecular flexibility index (Phi) is 3.06. The Hall–Kier alpha value is -1.95.